The highest BCUT2D eigenvalue weighted by atomic mass is 16.7. The van der Waals surface area contributed by atoms with Gasteiger partial charge in [0, 0.05) is 16.7 Å². The molecule has 260 valence electrons. The minimum Gasteiger partial charge on any atom is -0.445 e. The Morgan fingerprint density at radius 3 is 2.65 bits per heavy atom. The van der Waals surface area contributed by atoms with E-state index in [4.69, 9.17) is 18.9 Å². The van der Waals surface area contributed by atoms with Crippen LogP contribution >= 0.6 is 0 Å². The molecule has 1 heterocycles. The van der Waals surface area contributed by atoms with Crippen molar-refractivity contribution in [3.8, 4) is 0 Å². The Balaban J connectivity index is 1.07. The van der Waals surface area contributed by atoms with E-state index in [1.54, 1.807) is 12.2 Å². The van der Waals surface area contributed by atoms with Crippen LogP contribution in [0.4, 0.5) is 4.79 Å². The van der Waals surface area contributed by atoms with E-state index in [0.29, 0.717) is 19.3 Å². The van der Waals surface area contributed by atoms with Crippen molar-refractivity contribution in [1.29, 1.82) is 0 Å². The fraction of sp³-hybridized carbons (Fsp3) is 0.622. The molecule has 1 unspecified atom stereocenters. The molecule has 1 aromatic rings. The number of hydrogen-bond donors (Lipinski definition) is 3. The van der Waals surface area contributed by atoms with E-state index in [1.165, 1.54) is 0 Å². The van der Waals surface area contributed by atoms with Crippen molar-refractivity contribution in [2.45, 2.75) is 96.9 Å². The molecule has 0 bridgehead atoms. The van der Waals surface area contributed by atoms with Crippen LogP contribution < -0.4 is 10.6 Å². The Hall–Kier alpha value is -3.38. The Kier molecular flexibility index (Phi) is 9.70. The Morgan fingerprint density at radius 1 is 1.12 bits per heavy atom. The molecular weight excluding hydrogens is 616 g/mol. The van der Waals surface area contributed by atoms with Gasteiger partial charge >= 0.3 is 6.09 Å². The summed E-state index contributed by atoms with van der Waals surface area (Å²) < 4.78 is 23.9. The molecule has 2 amide bonds. The lowest BCUT2D eigenvalue weighted by Gasteiger charge is -2.59. The average Bonchev–Trinajstić information content (AvgIpc) is 3.53. The van der Waals surface area contributed by atoms with Crippen LogP contribution in [-0.2, 0) is 39.9 Å². The van der Waals surface area contributed by atoms with E-state index in [2.05, 4.69) is 24.5 Å². The highest BCUT2D eigenvalue weighted by Gasteiger charge is 2.75. The van der Waals surface area contributed by atoms with Crippen LogP contribution in [0.15, 0.2) is 48.1 Å². The number of benzene rings is 1. The second-order valence-corrected chi connectivity index (χ2v) is 14.6. The van der Waals surface area contributed by atoms with Crippen molar-refractivity contribution in [3.63, 3.8) is 0 Å². The molecule has 11 nitrogen and oxygen atoms in total. The summed E-state index contributed by atoms with van der Waals surface area (Å²) in [7, 11) is 0. The number of carbonyl (C=O) groups excluding carboxylic acids is 4. The average molecular weight is 665 g/mol. The zero-order chi connectivity index (χ0) is 34.3. The van der Waals surface area contributed by atoms with E-state index >= 15 is 0 Å². The fourth-order valence-electron chi connectivity index (χ4n) is 9.49. The smallest absolute Gasteiger partial charge is 0.407 e. The van der Waals surface area contributed by atoms with Crippen molar-refractivity contribution >= 4 is 23.6 Å². The predicted molar refractivity (Wildman–Crippen MR) is 174 cm³/mol. The molecule has 3 saturated carbocycles. The number of nitrogens with one attached hydrogen (secondary N) is 2. The number of amides is 2. The van der Waals surface area contributed by atoms with Gasteiger partial charge in [-0.3, -0.25) is 14.4 Å². The summed E-state index contributed by atoms with van der Waals surface area (Å²) in [5.74, 6) is -0.688. The first-order valence-corrected chi connectivity index (χ1v) is 17.2. The van der Waals surface area contributed by atoms with Gasteiger partial charge in [-0.1, -0.05) is 68.7 Å². The van der Waals surface area contributed by atoms with Crippen LogP contribution in [0.1, 0.15) is 70.4 Å². The number of allylic oxidation sites excluding steroid dienone is 4. The summed E-state index contributed by atoms with van der Waals surface area (Å²) >= 11 is 0. The van der Waals surface area contributed by atoms with Gasteiger partial charge in [-0.2, -0.15) is 0 Å². The monoisotopic (exact) mass is 664 g/mol. The van der Waals surface area contributed by atoms with Crippen LogP contribution in [0, 0.1) is 35.5 Å². The lowest BCUT2D eigenvalue weighted by molar-refractivity contribution is -0.201. The maximum Gasteiger partial charge on any atom is 0.407 e. The van der Waals surface area contributed by atoms with Crippen LogP contribution in [-0.4, -0.2) is 72.7 Å². The number of aryl methyl sites for hydroxylation is 1. The maximum atomic E-state index is 14.3. The maximum absolute atomic E-state index is 14.3. The van der Waals surface area contributed by atoms with Gasteiger partial charge in [-0.15, -0.1) is 0 Å². The van der Waals surface area contributed by atoms with E-state index in [0.717, 1.165) is 36.0 Å². The van der Waals surface area contributed by atoms with Gasteiger partial charge in [0.05, 0.1) is 12.2 Å². The van der Waals surface area contributed by atoms with Gasteiger partial charge in [0.2, 0.25) is 5.91 Å². The molecule has 1 aromatic carbocycles. The van der Waals surface area contributed by atoms with Gasteiger partial charge in [0.15, 0.2) is 23.5 Å². The van der Waals surface area contributed by atoms with Crippen molar-refractivity contribution in [1.82, 2.24) is 10.6 Å². The molecule has 9 atom stereocenters. The standard InChI is InChI=1S/C37H48N2O9/c1-5-6-32-47-30-16-27-26-12-11-24-15-25(40)13-14-35(24,3)33(26)28(41)17-36(27,4)37(30,48-32)29(42)20-45-21-39-31(43)18-38-34(44)46-19-23-9-7-22(2)8-10-23/h7-10,13-15,26-28,30,32-33,41H,5-6,11-12,16-21H2,1-4H3,(H,38,44)(H,39,43)/t26-,27-,28-,30+,32?,33+,35-,36-,37+/m0/s1. The van der Waals surface area contributed by atoms with Crippen LogP contribution in [0.2, 0.25) is 0 Å². The van der Waals surface area contributed by atoms with Crippen molar-refractivity contribution in [2.75, 3.05) is 19.9 Å². The third-order valence-electron chi connectivity index (χ3n) is 11.7. The second-order valence-electron chi connectivity index (χ2n) is 14.6. The van der Waals surface area contributed by atoms with Crippen LogP contribution in [0.3, 0.4) is 0 Å². The highest BCUT2D eigenvalue weighted by Crippen LogP contribution is 2.69. The molecular formula is C37H48N2O9. The second kappa shape index (κ2) is 13.5. The normalized spacial score (nSPS) is 36.3. The molecule has 11 heteroatoms. The van der Waals surface area contributed by atoms with Crippen molar-refractivity contribution in [2.24, 2.45) is 28.6 Å². The molecule has 1 aliphatic heterocycles. The van der Waals surface area contributed by atoms with E-state index in [-0.39, 0.29) is 55.8 Å². The lowest BCUT2D eigenvalue weighted by Crippen LogP contribution is -2.63. The molecule has 0 aromatic heterocycles. The SMILES string of the molecule is CCCC1O[C@@H]2C[C@H]3[C@@H]4CCC5=CC(=O)C=C[C@]5(C)[C@H]4[C@@H](O)C[C@]3(C)[C@]2(C(=O)COCNC(=O)CNC(=O)OCc2ccc(C)cc2)O1. The first-order valence-electron chi connectivity index (χ1n) is 17.2. The van der Waals surface area contributed by atoms with Gasteiger partial charge < -0.3 is 34.7 Å². The van der Waals surface area contributed by atoms with Crippen LogP contribution in [0.25, 0.3) is 0 Å². The van der Waals surface area contributed by atoms with Crippen LogP contribution in [0.5, 0.6) is 0 Å². The Bertz CT molecular complexity index is 1490. The molecule has 0 radical (unpaired) electrons. The summed E-state index contributed by atoms with van der Waals surface area (Å²) in [6.45, 7) is 7.41. The van der Waals surface area contributed by atoms with E-state index in [9.17, 15) is 24.3 Å². The van der Waals surface area contributed by atoms with Gasteiger partial charge in [0.1, 0.15) is 26.5 Å². The van der Waals surface area contributed by atoms with Crippen molar-refractivity contribution in [3.05, 3.63) is 59.2 Å². The van der Waals surface area contributed by atoms with E-state index in [1.807, 2.05) is 44.2 Å². The number of ether oxygens (including phenoxy) is 4. The molecule has 5 aliphatic rings. The number of rotatable bonds is 11. The summed E-state index contributed by atoms with van der Waals surface area (Å²) in [5.41, 5.74) is 0.574. The molecule has 48 heavy (non-hydrogen) atoms. The Morgan fingerprint density at radius 2 is 1.90 bits per heavy atom. The highest BCUT2D eigenvalue weighted by molar-refractivity contribution is 6.01. The molecule has 6 rings (SSSR count). The summed E-state index contributed by atoms with van der Waals surface area (Å²) in [6, 6.07) is 7.57. The molecule has 1 saturated heterocycles. The minimum absolute atomic E-state index is 0.0105. The number of ketones is 2. The minimum atomic E-state index is -1.30. The zero-order valence-electron chi connectivity index (χ0n) is 28.3. The fourth-order valence-corrected chi connectivity index (χ4v) is 9.49. The first kappa shape index (κ1) is 34.5. The number of aliphatic hydroxyl groups excluding tert-OH is 1. The number of Topliss-reactive ketones (excluding diaryl/α,β-unsaturated/α-hetero) is 1. The summed E-state index contributed by atoms with van der Waals surface area (Å²) in [5, 5.41) is 16.8. The molecule has 0 spiro atoms. The quantitative estimate of drug-likeness (QED) is 0.235. The summed E-state index contributed by atoms with van der Waals surface area (Å²) in [4.78, 5) is 50.9. The largest absolute Gasteiger partial charge is 0.445 e. The lowest BCUT2D eigenvalue weighted by atomic mass is 9.46. The van der Waals surface area contributed by atoms with Gasteiger partial charge in [0.25, 0.3) is 0 Å². The molecule has 4 fully saturated rings. The third-order valence-corrected chi connectivity index (χ3v) is 11.7. The number of hydrogen-bond acceptors (Lipinski definition) is 9. The summed E-state index contributed by atoms with van der Waals surface area (Å²) in [6.07, 6.45) is 6.92. The number of aliphatic hydroxyl groups is 1. The number of carbonyl (C=O) groups is 4. The number of fused-ring (bicyclic) bond motifs is 7. The molecule has 4 aliphatic carbocycles. The Labute approximate surface area is 281 Å². The first-order chi connectivity index (χ1) is 22.9. The van der Waals surface area contributed by atoms with Gasteiger partial charge in [-0.25, -0.2) is 4.79 Å². The molecule has 3 N–H and O–H groups in total. The van der Waals surface area contributed by atoms with Gasteiger partial charge in [-0.05, 0) is 68.6 Å². The topological polar surface area (TPSA) is 149 Å². The number of alkyl carbamates (subject to hydrolysis) is 1. The predicted octanol–water partition coefficient (Wildman–Crippen LogP) is 4.05. The third kappa shape index (κ3) is 6.03. The van der Waals surface area contributed by atoms with E-state index < -0.39 is 46.9 Å². The zero-order valence-corrected chi connectivity index (χ0v) is 28.3. The van der Waals surface area contributed by atoms with Crippen molar-refractivity contribution < 1.29 is 43.2 Å².